The first kappa shape index (κ1) is 21.4. The molecule has 0 saturated heterocycles. The van der Waals surface area contributed by atoms with Crippen molar-refractivity contribution in [1.82, 2.24) is 5.32 Å². The maximum Gasteiger partial charge on any atom is 0.326 e. The molecule has 0 unspecified atom stereocenters. The van der Waals surface area contributed by atoms with Crippen molar-refractivity contribution in [2.24, 2.45) is 5.73 Å². The number of halogens is 1. The summed E-state index contributed by atoms with van der Waals surface area (Å²) in [5.41, 5.74) is 5.82. The van der Waals surface area contributed by atoms with E-state index in [0.29, 0.717) is 37.3 Å². The Morgan fingerprint density at radius 3 is 2.44 bits per heavy atom. The lowest BCUT2D eigenvalue weighted by atomic mass is 10.1. The second-order valence-electron chi connectivity index (χ2n) is 5.77. The van der Waals surface area contributed by atoms with Gasteiger partial charge >= 0.3 is 5.97 Å². The second kappa shape index (κ2) is 12.7. The minimum Gasteiger partial charge on any atom is -0.494 e. The third-order valence-electron chi connectivity index (χ3n) is 3.71. The minimum atomic E-state index is -1.03. The first-order valence-corrected chi connectivity index (χ1v) is 9.73. The number of ether oxygens (including phenoxy) is 1. The largest absolute Gasteiger partial charge is 0.494 e. The van der Waals surface area contributed by atoms with Crippen molar-refractivity contribution in [2.45, 2.75) is 44.6 Å². The van der Waals surface area contributed by atoms with Crippen molar-refractivity contribution >= 4 is 27.8 Å². The number of carbonyl (C=O) groups excluding carboxylic acids is 1. The van der Waals surface area contributed by atoms with E-state index in [2.05, 4.69) is 21.2 Å². The van der Waals surface area contributed by atoms with Gasteiger partial charge in [-0.2, -0.15) is 0 Å². The minimum absolute atomic E-state index is 0.369. The van der Waals surface area contributed by atoms with Crippen molar-refractivity contribution in [3.8, 4) is 5.75 Å². The molecule has 7 heteroatoms. The van der Waals surface area contributed by atoms with Crippen LogP contribution in [-0.4, -0.2) is 41.5 Å². The number of rotatable bonds is 13. The average molecular weight is 415 g/mol. The summed E-state index contributed by atoms with van der Waals surface area (Å²) < 4.78 is 5.62. The van der Waals surface area contributed by atoms with E-state index >= 15 is 0 Å². The highest BCUT2D eigenvalue weighted by Crippen LogP contribution is 2.13. The lowest BCUT2D eigenvalue weighted by Gasteiger charge is -2.14. The number of unbranched alkanes of at least 4 members (excludes halogenated alkanes) is 3. The van der Waals surface area contributed by atoms with Crippen LogP contribution in [0.5, 0.6) is 5.75 Å². The third-order valence-corrected chi connectivity index (χ3v) is 4.27. The van der Waals surface area contributed by atoms with E-state index in [1.807, 2.05) is 0 Å². The van der Waals surface area contributed by atoms with Crippen molar-refractivity contribution in [1.29, 1.82) is 0 Å². The highest BCUT2D eigenvalue weighted by atomic mass is 79.9. The van der Waals surface area contributed by atoms with Crippen LogP contribution in [0.2, 0.25) is 0 Å². The van der Waals surface area contributed by atoms with Crippen LogP contribution in [0.15, 0.2) is 24.3 Å². The summed E-state index contributed by atoms with van der Waals surface area (Å²) in [6.45, 7) is 1.15. The van der Waals surface area contributed by atoms with Gasteiger partial charge in [0.2, 0.25) is 0 Å². The van der Waals surface area contributed by atoms with E-state index in [9.17, 15) is 14.7 Å². The molecule has 0 fully saturated rings. The maximum atomic E-state index is 12.2. The van der Waals surface area contributed by atoms with Gasteiger partial charge in [-0.1, -0.05) is 15.9 Å². The van der Waals surface area contributed by atoms with Crippen LogP contribution in [0.1, 0.15) is 48.9 Å². The number of nitrogens with two attached hydrogens (primary N) is 1. The molecule has 1 aromatic rings. The van der Waals surface area contributed by atoms with Crippen molar-refractivity contribution < 1.29 is 19.4 Å². The molecule has 1 aromatic carbocycles. The van der Waals surface area contributed by atoms with Crippen LogP contribution in [0.4, 0.5) is 0 Å². The fraction of sp³-hybridized carbons (Fsp3) is 0.556. The molecule has 25 heavy (non-hydrogen) atoms. The Hall–Kier alpha value is -1.60. The number of alkyl halides is 1. The zero-order valence-corrected chi connectivity index (χ0v) is 16.0. The van der Waals surface area contributed by atoms with Gasteiger partial charge in [0.25, 0.3) is 5.91 Å². The number of carboxylic acid groups (broad SMARTS) is 1. The zero-order valence-electron chi connectivity index (χ0n) is 14.4. The van der Waals surface area contributed by atoms with Gasteiger partial charge in [-0.25, -0.2) is 4.79 Å². The molecule has 0 saturated carbocycles. The molecule has 0 heterocycles. The molecular weight excluding hydrogens is 388 g/mol. The van der Waals surface area contributed by atoms with Crippen LogP contribution < -0.4 is 15.8 Å². The van der Waals surface area contributed by atoms with Gasteiger partial charge in [-0.15, -0.1) is 0 Å². The SMILES string of the molecule is NCCCC[C@H](NC(=O)c1ccc(OCCCCCBr)cc1)C(=O)O. The summed E-state index contributed by atoms with van der Waals surface area (Å²) in [6.07, 6.45) is 4.98. The summed E-state index contributed by atoms with van der Waals surface area (Å²) in [6, 6.07) is 5.83. The van der Waals surface area contributed by atoms with Gasteiger partial charge in [0.05, 0.1) is 6.61 Å². The van der Waals surface area contributed by atoms with Crippen LogP contribution in [0.3, 0.4) is 0 Å². The molecular formula is C18H27BrN2O4. The van der Waals surface area contributed by atoms with Gasteiger partial charge in [0.1, 0.15) is 11.8 Å². The molecule has 0 spiro atoms. The predicted molar refractivity (Wildman–Crippen MR) is 101 cm³/mol. The number of benzene rings is 1. The number of carbonyl (C=O) groups is 2. The van der Waals surface area contributed by atoms with Gasteiger partial charge in [0.15, 0.2) is 0 Å². The molecule has 1 amide bonds. The number of nitrogens with one attached hydrogen (secondary N) is 1. The van der Waals surface area contributed by atoms with Crippen molar-refractivity contribution in [2.75, 3.05) is 18.5 Å². The maximum absolute atomic E-state index is 12.2. The summed E-state index contributed by atoms with van der Waals surface area (Å²) in [5, 5.41) is 12.8. The Morgan fingerprint density at radius 2 is 1.84 bits per heavy atom. The highest BCUT2D eigenvalue weighted by molar-refractivity contribution is 9.09. The van der Waals surface area contributed by atoms with Crippen molar-refractivity contribution in [3.05, 3.63) is 29.8 Å². The molecule has 0 radical (unpaired) electrons. The molecule has 0 aliphatic carbocycles. The van der Waals surface area contributed by atoms with Crippen LogP contribution in [-0.2, 0) is 4.79 Å². The molecule has 1 rings (SSSR count). The number of hydrogen-bond acceptors (Lipinski definition) is 4. The standard InChI is InChI=1S/C18H27BrN2O4/c19-11-3-1-5-13-25-15-9-7-14(8-10-15)17(22)21-16(18(23)24)6-2-4-12-20/h7-10,16H,1-6,11-13,20H2,(H,21,22)(H,23,24)/t16-/m0/s1. The van der Waals surface area contributed by atoms with Gasteiger partial charge in [0, 0.05) is 10.9 Å². The molecule has 0 aliphatic rings. The Morgan fingerprint density at radius 1 is 1.12 bits per heavy atom. The van der Waals surface area contributed by atoms with Gasteiger partial charge in [-0.3, -0.25) is 4.79 Å². The van der Waals surface area contributed by atoms with Crippen LogP contribution >= 0.6 is 15.9 Å². The number of amides is 1. The lowest BCUT2D eigenvalue weighted by molar-refractivity contribution is -0.139. The second-order valence-corrected chi connectivity index (χ2v) is 6.56. The fourth-order valence-corrected chi connectivity index (χ4v) is 2.65. The van der Waals surface area contributed by atoms with Crippen LogP contribution in [0.25, 0.3) is 0 Å². The number of aliphatic carboxylic acids is 1. The molecule has 1 atom stereocenters. The summed E-state index contributed by atoms with van der Waals surface area (Å²) in [4.78, 5) is 23.4. The van der Waals surface area contributed by atoms with E-state index in [0.717, 1.165) is 31.0 Å². The average Bonchev–Trinajstić information content (AvgIpc) is 2.61. The third kappa shape index (κ3) is 8.88. The van der Waals surface area contributed by atoms with Gasteiger partial charge < -0.3 is 20.9 Å². The fourth-order valence-electron chi connectivity index (χ4n) is 2.26. The molecule has 4 N–H and O–H groups in total. The van der Waals surface area contributed by atoms with E-state index < -0.39 is 17.9 Å². The van der Waals surface area contributed by atoms with Gasteiger partial charge in [-0.05, 0) is 69.3 Å². The van der Waals surface area contributed by atoms with Crippen LogP contribution in [0, 0.1) is 0 Å². The quantitative estimate of drug-likeness (QED) is 0.340. The Balaban J connectivity index is 2.47. The monoisotopic (exact) mass is 414 g/mol. The first-order valence-electron chi connectivity index (χ1n) is 8.61. The summed E-state index contributed by atoms with van der Waals surface area (Å²) in [7, 11) is 0. The van der Waals surface area contributed by atoms with E-state index in [4.69, 9.17) is 10.5 Å². The number of carboxylic acids is 1. The Kier molecular flexibility index (Phi) is 10.9. The molecule has 140 valence electrons. The molecule has 0 aliphatic heterocycles. The predicted octanol–water partition coefficient (Wildman–Crippen LogP) is 2.94. The molecule has 6 nitrogen and oxygen atoms in total. The van der Waals surface area contributed by atoms with Crippen molar-refractivity contribution in [3.63, 3.8) is 0 Å². The smallest absolute Gasteiger partial charge is 0.326 e. The van der Waals surface area contributed by atoms with E-state index in [-0.39, 0.29) is 0 Å². The normalized spacial score (nSPS) is 11.8. The Labute approximate surface area is 157 Å². The topological polar surface area (TPSA) is 102 Å². The molecule has 0 aromatic heterocycles. The van der Waals surface area contributed by atoms with E-state index in [1.165, 1.54) is 0 Å². The zero-order chi connectivity index (χ0) is 18.5. The summed E-state index contributed by atoms with van der Waals surface area (Å²) in [5.74, 6) is -0.731. The van der Waals surface area contributed by atoms with E-state index in [1.54, 1.807) is 24.3 Å². The molecule has 0 bridgehead atoms. The number of hydrogen-bond donors (Lipinski definition) is 3. The highest BCUT2D eigenvalue weighted by Gasteiger charge is 2.20. The Bertz CT molecular complexity index is 522. The first-order chi connectivity index (χ1) is 12.1. The lowest BCUT2D eigenvalue weighted by Crippen LogP contribution is -2.40. The summed E-state index contributed by atoms with van der Waals surface area (Å²) >= 11 is 3.39.